The lowest BCUT2D eigenvalue weighted by molar-refractivity contribution is 0.116. The summed E-state index contributed by atoms with van der Waals surface area (Å²) >= 11 is 6.49. The first-order chi connectivity index (χ1) is 9.87. The van der Waals surface area contributed by atoms with Crippen molar-refractivity contribution in [2.45, 2.75) is 33.3 Å². The number of aryl methyl sites for hydroxylation is 2. The molecule has 110 valence electrons. The van der Waals surface area contributed by atoms with Crippen molar-refractivity contribution in [2.24, 2.45) is 0 Å². The van der Waals surface area contributed by atoms with Gasteiger partial charge in [0.1, 0.15) is 11.4 Å². The van der Waals surface area contributed by atoms with Crippen molar-refractivity contribution in [3.63, 3.8) is 0 Å². The molecule has 2 heterocycles. The van der Waals surface area contributed by atoms with Crippen LogP contribution in [0, 0.1) is 13.8 Å². The van der Waals surface area contributed by atoms with Gasteiger partial charge in [0.2, 0.25) is 0 Å². The van der Waals surface area contributed by atoms with Crippen LogP contribution in [0.15, 0.2) is 24.5 Å². The lowest BCUT2D eigenvalue weighted by Gasteiger charge is -2.34. The number of pyridine rings is 1. The van der Waals surface area contributed by atoms with Crippen LogP contribution in [0.5, 0.6) is 5.75 Å². The Hall–Kier alpha value is -1.74. The van der Waals surface area contributed by atoms with Gasteiger partial charge in [-0.15, -0.1) is 0 Å². The largest absolute Gasteiger partial charge is 0.484 e. The molecular formula is C17H19ClN2O. The number of nitrogens with zero attached hydrogens (tertiary/aromatic N) is 1. The summed E-state index contributed by atoms with van der Waals surface area (Å²) in [5.41, 5.74) is 5.07. The smallest absolute Gasteiger partial charge is 0.144 e. The molecule has 0 saturated heterocycles. The molecule has 1 aromatic carbocycles. The normalized spacial score (nSPS) is 15.9. The Morgan fingerprint density at radius 2 is 1.86 bits per heavy atom. The second kappa shape index (κ2) is 4.92. The Morgan fingerprint density at radius 3 is 2.52 bits per heavy atom. The van der Waals surface area contributed by atoms with Crippen LogP contribution in [-0.2, 0) is 0 Å². The second-order valence-corrected chi connectivity index (χ2v) is 6.60. The molecule has 0 atom stereocenters. The van der Waals surface area contributed by atoms with Crippen molar-refractivity contribution in [1.82, 2.24) is 4.98 Å². The number of benzene rings is 1. The van der Waals surface area contributed by atoms with Gasteiger partial charge in [-0.2, -0.15) is 0 Å². The summed E-state index contributed by atoms with van der Waals surface area (Å²) in [5.74, 6) is 0.848. The van der Waals surface area contributed by atoms with E-state index in [-0.39, 0.29) is 5.60 Å². The fourth-order valence-corrected chi connectivity index (χ4v) is 2.99. The minimum absolute atomic E-state index is 0.222. The van der Waals surface area contributed by atoms with Crippen molar-refractivity contribution in [2.75, 3.05) is 11.9 Å². The van der Waals surface area contributed by atoms with E-state index in [1.807, 2.05) is 38.4 Å². The van der Waals surface area contributed by atoms with Crippen LogP contribution in [0.2, 0.25) is 5.02 Å². The molecule has 2 aromatic rings. The highest BCUT2D eigenvalue weighted by molar-refractivity contribution is 6.33. The predicted molar refractivity (Wildman–Crippen MR) is 87.4 cm³/mol. The van der Waals surface area contributed by atoms with E-state index < -0.39 is 0 Å². The van der Waals surface area contributed by atoms with E-state index >= 15 is 0 Å². The molecule has 21 heavy (non-hydrogen) atoms. The Bertz CT molecular complexity index is 690. The predicted octanol–water partition coefficient (Wildman–Crippen LogP) is 4.60. The number of halogens is 1. The molecule has 0 aliphatic carbocycles. The highest BCUT2D eigenvalue weighted by Gasteiger charge is 2.27. The minimum Gasteiger partial charge on any atom is -0.484 e. The molecule has 0 bridgehead atoms. The van der Waals surface area contributed by atoms with E-state index in [1.54, 1.807) is 0 Å². The van der Waals surface area contributed by atoms with Crippen LogP contribution in [0.3, 0.4) is 0 Å². The number of ether oxygens (including phenoxy) is 1. The maximum Gasteiger partial charge on any atom is 0.144 e. The van der Waals surface area contributed by atoms with Gasteiger partial charge in [-0.25, -0.2) is 0 Å². The lowest BCUT2D eigenvalue weighted by atomic mass is 9.96. The summed E-state index contributed by atoms with van der Waals surface area (Å²) in [6.07, 6.45) is 3.72. The Labute approximate surface area is 130 Å². The van der Waals surface area contributed by atoms with Crippen molar-refractivity contribution >= 4 is 17.3 Å². The fraction of sp³-hybridized carbons (Fsp3) is 0.353. The van der Waals surface area contributed by atoms with Crippen molar-refractivity contribution in [1.29, 1.82) is 0 Å². The molecule has 3 rings (SSSR count). The minimum atomic E-state index is -0.222. The Balaban J connectivity index is 2.17. The third-order valence-electron chi connectivity index (χ3n) is 3.75. The molecular weight excluding hydrogens is 284 g/mol. The molecule has 1 aromatic heterocycles. The van der Waals surface area contributed by atoms with Crippen LogP contribution in [0.25, 0.3) is 11.1 Å². The van der Waals surface area contributed by atoms with Crippen LogP contribution in [0.1, 0.15) is 25.0 Å². The second-order valence-electron chi connectivity index (χ2n) is 6.19. The van der Waals surface area contributed by atoms with Gasteiger partial charge in [0.05, 0.1) is 17.3 Å². The van der Waals surface area contributed by atoms with Gasteiger partial charge in [0, 0.05) is 18.0 Å². The summed E-state index contributed by atoms with van der Waals surface area (Å²) in [5, 5.41) is 4.10. The SMILES string of the molecule is Cc1cncc(C)c1-c1cc2c(cc1Cl)NCC(C)(C)O2. The number of hydrogen-bond acceptors (Lipinski definition) is 3. The van der Waals surface area contributed by atoms with E-state index in [0.29, 0.717) is 0 Å². The van der Waals surface area contributed by atoms with Gasteiger partial charge in [0.25, 0.3) is 0 Å². The third kappa shape index (κ3) is 2.58. The van der Waals surface area contributed by atoms with E-state index in [4.69, 9.17) is 16.3 Å². The van der Waals surface area contributed by atoms with Gasteiger partial charge < -0.3 is 10.1 Å². The quantitative estimate of drug-likeness (QED) is 0.836. The van der Waals surface area contributed by atoms with Gasteiger partial charge in [-0.3, -0.25) is 4.98 Å². The average molecular weight is 303 g/mol. The zero-order valence-corrected chi connectivity index (χ0v) is 13.5. The van der Waals surface area contributed by atoms with Crippen LogP contribution >= 0.6 is 11.6 Å². The maximum atomic E-state index is 6.49. The van der Waals surface area contributed by atoms with Crippen LogP contribution in [0.4, 0.5) is 5.69 Å². The monoisotopic (exact) mass is 302 g/mol. The molecule has 1 aliphatic heterocycles. The first kappa shape index (κ1) is 14.2. The maximum absolute atomic E-state index is 6.49. The van der Waals surface area contributed by atoms with E-state index in [0.717, 1.165) is 45.3 Å². The molecule has 3 nitrogen and oxygen atoms in total. The molecule has 0 saturated carbocycles. The molecule has 0 unspecified atom stereocenters. The van der Waals surface area contributed by atoms with Crippen molar-refractivity contribution < 1.29 is 4.74 Å². The standard InChI is InChI=1S/C17H19ClN2O/c1-10-7-19-8-11(2)16(10)12-5-15-14(6-13(12)18)20-9-17(3,4)21-15/h5-8,20H,9H2,1-4H3. The van der Waals surface area contributed by atoms with Gasteiger partial charge in [-0.05, 0) is 56.5 Å². The van der Waals surface area contributed by atoms with E-state index in [1.165, 1.54) is 0 Å². The number of aromatic nitrogens is 1. The Kier molecular flexibility index (Phi) is 3.33. The van der Waals surface area contributed by atoms with Crippen molar-refractivity contribution in [3.05, 3.63) is 40.7 Å². The molecule has 1 N–H and O–H groups in total. The molecule has 0 spiro atoms. The fourth-order valence-electron chi connectivity index (χ4n) is 2.74. The number of rotatable bonds is 1. The highest BCUT2D eigenvalue weighted by Crippen LogP contribution is 2.42. The summed E-state index contributed by atoms with van der Waals surface area (Å²) in [6, 6.07) is 3.97. The first-order valence-electron chi connectivity index (χ1n) is 7.05. The molecule has 0 radical (unpaired) electrons. The van der Waals surface area contributed by atoms with Gasteiger partial charge in [0.15, 0.2) is 0 Å². The van der Waals surface area contributed by atoms with E-state index in [2.05, 4.69) is 24.1 Å². The first-order valence-corrected chi connectivity index (χ1v) is 7.43. The number of nitrogens with one attached hydrogen (secondary N) is 1. The highest BCUT2D eigenvalue weighted by atomic mass is 35.5. The van der Waals surface area contributed by atoms with Gasteiger partial charge >= 0.3 is 0 Å². The van der Waals surface area contributed by atoms with Crippen LogP contribution in [-0.4, -0.2) is 17.1 Å². The number of anilines is 1. The zero-order chi connectivity index (χ0) is 15.2. The van der Waals surface area contributed by atoms with Crippen LogP contribution < -0.4 is 10.1 Å². The molecule has 0 amide bonds. The number of fused-ring (bicyclic) bond motifs is 1. The number of hydrogen-bond donors (Lipinski definition) is 1. The summed E-state index contributed by atoms with van der Waals surface area (Å²) in [4.78, 5) is 4.22. The Morgan fingerprint density at radius 1 is 1.19 bits per heavy atom. The molecule has 4 heteroatoms. The summed E-state index contributed by atoms with van der Waals surface area (Å²) in [7, 11) is 0. The average Bonchev–Trinajstić information content (AvgIpc) is 2.39. The van der Waals surface area contributed by atoms with E-state index in [9.17, 15) is 0 Å². The molecule has 1 aliphatic rings. The summed E-state index contributed by atoms with van der Waals surface area (Å²) in [6.45, 7) is 9.01. The van der Waals surface area contributed by atoms with Crippen molar-refractivity contribution in [3.8, 4) is 16.9 Å². The lowest BCUT2D eigenvalue weighted by Crippen LogP contribution is -2.40. The topological polar surface area (TPSA) is 34.2 Å². The zero-order valence-electron chi connectivity index (χ0n) is 12.7. The summed E-state index contributed by atoms with van der Waals surface area (Å²) < 4.78 is 6.08. The third-order valence-corrected chi connectivity index (χ3v) is 4.07. The molecule has 0 fully saturated rings. The van der Waals surface area contributed by atoms with Gasteiger partial charge in [-0.1, -0.05) is 11.6 Å².